The third-order valence-corrected chi connectivity index (χ3v) is 5.55. The lowest BCUT2D eigenvalue weighted by molar-refractivity contribution is -0.132. The van der Waals surface area contributed by atoms with Gasteiger partial charge in [-0.25, -0.2) is 0 Å². The van der Waals surface area contributed by atoms with Crippen molar-refractivity contribution in [3.05, 3.63) is 24.3 Å². The molecule has 2 fully saturated rings. The van der Waals surface area contributed by atoms with Gasteiger partial charge in [0.05, 0.1) is 5.69 Å². The zero-order chi connectivity index (χ0) is 18.1. The highest BCUT2D eigenvalue weighted by molar-refractivity contribution is 6.03. The van der Waals surface area contributed by atoms with Crippen molar-refractivity contribution < 1.29 is 14.3 Å². The Hall–Kier alpha value is -1.83. The van der Waals surface area contributed by atoms with Crippen molar-refractivity contribution in [1.29, 1.82) is 0 Å². The fourth-order valence-corrected chi connectivity index (χ4v) is 4.07. The number of ether oxygens (including phenoxy) is 1. The molecule has 148 valence electrons. The molecule has 2 atom stereocenters. The fourth-order valence-electron chi connectivity index (χ4n) is 4.07. The Morgan fingerprint density at radius 2 is 1.96 bits per heavy atom. The van der Waals surface area contributed by atoms with Gasteiger partial charge in [-0.2, -0.15) is 0 Å². The van der Waals surface area contributed by atoms with E-state index in [0.29, 0.717) is 17.5 Å². The van der Waals surface area contributed by atoms with E-state index in [0.717, 1.165) is 45.7 Å². The van der Waals surface area contributed by atoms with Crippen molar-refractivity contribution in [1.82, 2.24) is 15.1 Å². The zero-order valence-corrected chi connectivity index (χ0v) is 16.4. The lowest BCUT2D eigenvalue weighted by Gasteiger charge is -2.34. The van der Waals surface area contributed by atoms with Crippen molar-refractivity contribution in [3.8, 4) is 5.75 Å². The third-order valence-electron chi connectivity index (χ3n) is 5.55. The number of fused-ring (bicyclic) bond motifs is 1. The molecule has 0 aliphatic carbocycles. The molecule has 0 radical (unpaired) electrons. The second kappa shape index (κ2) is 8.46. The number of halogens is 1. The number of benzene rings is 1. The molecule has 1 aromatic carbocycles. The zero-order valence-electron chi connectivity index (χ0n) is 15.6. The monoisotopic (exact) mass is 394 g/mol. The molecule has 27 heavy (non-hydrogen) atoms. The predicted molar refractivity (Wildman–Crippen MR) is 106 cm³/mol. The Balaban J connectivity index is 0.00000210. The van der Waals surface area contributed by atoms with Crippen LogP contribution in [0.5, 0.6) is 5.75 Å². The van der Waals surface area contributed by atoms with Crippen LogP contribution in [0.3, 0.4) is 0 Å². The number of carbonyl (C=O) groups excluding carboxylic acids is 2. The molecular weight excluding hydrogens is 368 g/mol. The first-order valence-corrected chi connectivity index (χ1v) is 9.43. The summed E-state index contributed by atoms with van der Waals surface area (Å²) < 4.78 is 5.65. The van der Waals surface area contributed by atoms with Crippen molar-refractivity contribution in [2.24, 2.45) is 0 Å². The minimum absolute atomic E-state index is 0. The van der Waals surface area contributed by atoms with Gasteiger partial charge in [-0.15, -0.1) is 12.4 Å². The summed E-state index contributed by atoms with van der Waals surface area (Å²) in [7, 11) is 0. The molecule has 8 heteroatoms. The van der Waals surface area contributed by atoms with Crippen molar-refractivity contribution in [2.45, 2.75) is 25.5 Å². The number of nitrogens with one attached hydrogen (secondary N) is 1. The van der Waals surface area contributed by atoms with Gasteiger partial charge in [-0.05, 0) is 25.5 Å². The highest BCUT2D eigenvalue weighted by atomic mass is 35.5. The summed E-state index contributed by atoms with van der Waals surface area (Å²) in [6, 6.07) is 7.85. The van der Waals surface area contributed by atoms with E-state index in [-0.39, 0.29) is 30.8 Å². The van der Waals surface area contributed by atoms with Crippen LogP contribution in [0.4, 0.5) is 5.69 Å². The average Bonchev–Trinajstić information content (AvgIpc) is 3.16. The number of hydrogen-bond donors (Lipinski definition) is 1. The second-order valence-corrected chi connectivity index (χ2v) is 7.22. The van der Waals surface area contributed by atoms with Gasteiger partial charge in [0.25, 0.3) is 5.91 Å². The Bertz CT molecular complexity index is 695. The molecule has 0 aromatic heterocycles. The van der Waals surface area contributed by atoms with Crippen LogP contribution in [-0.4, -0.2) is 79.6 Å². The van der Waals surface area contributed by atoms with Crippen LogP contribution < -0.4 is 15.0 Å². The minimum atomic E-state index is -0.565. The number of amides is 2. The van der Waals surface area contributed by atoms with Crippen molar-refractivity contribution in [2.75, 3.05) is 50.7 Å². The van der Waals surface area contributed by atoms with Crippen LogP contribution in [0.2, 0.25) is 0 Å². The molecule has 3 aliphatic rings. The molecule has 0 bridgehead atoms. The number of nitrogens with zero attached hydrogens (tertiary/aromatic N) is 3. The van der Waals surface area contributed by atoms with Gasteiger partial charge >= 0.3 is 0 Å². The normalized spacial score (nSPS) is 25.6. The number of likely N-dealkylation sites (tertiary alicyclic amines) is 1. The summed E-state index contributed by atoms with van der Waals surface area (Å²) in [5, 5.41) is 3.37. The molecule has 0 spiro atoms. The van der Waals surface area contributed by atoms with Gasteiger partial charge in [0.15, 0.2) is 6.10 Å². The average molecular weight is 395 g/mol. The molecule has 1 aromatic rings. The Morgan fingerprint density at radius 1 is 1.22 bits per heavy atom. The quantitative estimate of drug-likeness (QED) is 0.818. The molecule has 0 saturated carbocycles. The smallest absolute Gasteiger partial charge is 0.268 e. The van der Waals surface area contributed by atoms with Crippen LogP contribution in [-0.2, 0) is 9.59 Å². The van der Waals surface area contributed by atoms with E-state index in [1.165, 1.54) is 0 Å². The third kappa shape index (κ3) is 4.05. The van der Waals surface area contributed by atoms with Crippen molar-refractivity contribution >= 4 is 29.9 Å². The largest absolute Gasteiger partial charge is 0.479 e. The topological polar surface area (TPSA) is 65.1 Å². The first kappa shape index (κ1) is 19.9. The molecule has 2 saturated heterocycles. The van der Waals surface area contributed by atoms with Crippen LogP contribution in [0.15, 0.2) is 24.3 Å². The van der Waals surface area contributed by atoms with Gasteiger partial charge in [0, 0.05) is 45.3 Å². The predicted octanol–water partition coefficient (Wildman–Crippen LogP) is 0.728. The van der Waals surface area contributed by atoms with Gasteiger partial charge < -0.3 is 15.0 Å². The van der Waals surface area contributed by atoms with Crippen LogP contribution >= 0.6 is 12.4 Å². The van der Waals surface area contributed by atoms with E-state index in [2.05, 4.69) is 10.2 Å². The number of hydrogen-bond acceptors (Lipinski definition) is 5. The molecule has 3 aliphatic heterocycles. The van der Waals surface area contributed by atoms with Crippen molar-refractivity contribution in [3.63, 3.8) is 0 Å². The van der Waals surface area contributed by atoms with Gasteiger partial charge in [-0.3, -0.25) is 19.4 Å². The summed E-state index contributed by atoms with van der Waals surface area (Å²) in [6.45, 7) is 7.45. The highest BCUT2D eigenvalue weighted by Crippen LogP contribution is 2.33. The van der Waals surface area contributed by atoms with Gasteiger partial charge in [0.2, 0.25) is 5.91 Å². The molecule has 2 unspecified atom stereocenters. The fraction of sp³-hybridized carbons (Fsp3) is 0.579. The van der Waals surface area contributed by atoms with Gasteiger partial charge in [0.1, 0.15) is 12.3 Å². The lowest BCUT2D eigenvalue weighted by atomic mass is 10.2. The van der Waals surface area contributed by atoms with Crippen LogP contribution in [0.25, 0.3) is 0 Å². The molecule has 3 heterocycles. The summed E-state index contributed by atoms with van der Waals surface area (Å²) in [6.07, 6.45) is 0.445. The van der Waals surface area contributed by atoms with Crippen LogP contribution in [0, 0.1) is 0 Å². The number of carbonyl (C=O) groups is 2. The minimum Gasteiger partial charge on any atom is -0.479 e. The maximum atomic E-state index is 12.9. The molecule has 1 N–H and O–H groups in total. The maximum Gasteiger partial charge on any atom is 0.268 e. The summed E-state index contributed by atoms with van der Waals surface area (Å²) >= 11 is 0. The van der Waals surface area contributed by atoms with Gasteiger partial charge in [-0.1, -0.05) is 12.1 Å². The first-order chi connectivity index (χ1) is 12.6. The van der Waals surface area contributed by atoms with E-state index in [9.17, 15) is 9.59 Å². The standard InChI is InChI=1S/C19H26N4O3.ClH/c1-14-19(25)23(16-4-2-3-5-17(16)26-14)13-18(24)22-9-6-15(12-22)21-10-7-20-8-11-21;/h2-5,14-15,20H,6-13H2,1H3;1H. The number of para-hydroxylation sites is 2. The molecular formula is C19H27ClN4O3. The first-order valence-electron chi connectivity index (χ1n) is 9.43. The van der Waals surface area contributed by atoms with E-state index in [1.807, 2.05) is 29.2 Å². The maximum absolute atomic E-state index is 12.9. The summed E-state index contributed by atoms with van der Waals surface area (Å²) in [5.74, 6) is 0.516. The lowest BCUT2D eigenvalue weighted by Crippen LogP contribution is -2.51. The summed E-state index contributed by atoms with van der Waals surface area (Å²) in [4.78, 5) is 31.4. The SMILES string of the molecule is CC1Oc2ccccc2N(CC(=O)N2CCC(N3CCNCC3)C2)C1=O.Cl. The van der Waals surface area contributed by atoms with E-state index >= 15 is 0 Å². The Labute approximate surface area is 166 Å². The number of anilines is 1. The Kier molecular flexibility index (Phi) is 6.24. The second-order valence-electron chi connectivity index (χ2n) is 7.22. The number of piperazine rings is 1. The van der Waals surface area contributed by atoms with E-state index in [1.54, 1.807) is 11.8 Å². The highest BCUT2D eigenvalue weighted by Gasteiger charge is 2.36. The Morgan fingerprint density at radius 3 is 2.74 bits per heavy atom. The van der Waals surface area contributed by atoms with E-state index < -0.39 is 6.10 Å². The van der Waals surface area contributed by atoms with Crippen LogP contribution in [0.1, 0.15) is 13.3 Å². The number of rotatable bonds is 3. The molecule has 4 rings (SSSR count). The molecule has 2 amide bonds. The molecule has 7 nitrogen and oxygen atoms in total. The van der Waals surface area contributed by atoms with E-state index in [4.69, 9.17) is 4.74 Å². The summed E-state index contributed by atoms with van der Waals surface area (Å²) in [5.41, 5.74) is 0.682.